The molecule has 0 aromatic heterocycles. The third kappa shape index (κ3) is 4.52. The number of aromatic carboxylic acids is 1. The number of likely N-dealkylation sites (tertiary alicyclic amines) is 1. The van der Waals surface area contributed by atoms with Crippen LogP contribution in [-0.2, 0) is 4.79 Å². The highest BCUT2D eigenvalue weighted by atomic mass is 79.9. The van der Waals surface area contributed by atoms with Crippen molar-refractivity contribution in [1.29, 1.82) is 0 Å². The van der Waals surface area contributed by atoms with Gasteiger partial charge in [-0.25, -0.2) is 4.79 Å². The average Bonchev–Trinajstić information content (AvgIpc) is 2.43. The van der Waals surface area contributed by atoms with Crippen molar-refractivity contribution in [3.63, 3.8) is 0 Å². The first-order valence-corrected chi connectivity index (χ1v) is 7.55. The van der Waals surface area contributed by atoms with Crippen molar-refractivity contribution in [3.8, 4) is 0 Å². The molecule has 1 aromatic rings. The minimum Gasteiger partial charge on any atom is -0.478 e. The Labute approximate surface area is 131 Å². The van der Waals surface area contributed by atoms with Crippen molar-refractivity contribution < 1.29 is 14.7 Å². The number of piperidine rings is 1. The lowest BCUT2D eigenvalue weighted by molar-refractivity contribution is -0.117. The first kappa shape index (κ1) is 15.9. The summed E-state index contributed by atoms with van der Waals surface area (Å²) in [5.41, 5.74) is 6.57. The highest BCUT2D eigenvalue weighted by Gasteiger charge is 2.18. The number of benzene rings is 1. The van der Waals surface area contributed by atoms with Gasteiger partial charge in [0.15, 0.2) is 0 Å². The van der Waals surface area contributed by atoms with Crippen LogP contribution in [-0.4, -0.2) is 47.6 Å². The summed E-state index contributed by atoms with van der Waals surface area (Å²) in [5.74, 6) is -1.12. The molecule has 0 unspecified atom stereocenters. The van der Waals surface area contributed by atoms with E-state index in [1.807, 2.05) is 0 Å². The molecule has 2 rings (SSSR count). The fourth-order valence-corrected chi connectivity index (χ4v) is 2.73. The maximum atomic E-state index is 12.0. The lowest BCUT2D eigenvalue weighted by Gasteiger charge is -2.29. The van der Waals surface area contributed by atoms with E-state index in [9.17, 15) is 9.59 Å². The molecule has 0 radical (unpaired) electrons. The van der Waals surface area contributed by atoms with Crippen LogP contribution in [0.2, 0.25) is 0 Å². The summed E-state index contributed by atoms with van der Waals surface area (Å²) >= 11 is 3.27. The van der Waals surface area contributed by atoms with E-state index in [4.69, 9.17) is 10.8 Å². The molecule has 1 aliphatic rings. The van der Waals surface area contributed by atoms with Gasteiger partial charge in [0.2, 0.25) is 5.91 Å². The molecular formula is C14H18BrN3O3. The number of carbonyl (C=O) groups excluding carboxylic acids is 1. The first-order valence-electron chi connectivity index (χ1n) is 6.76. The first-order chi connectivity index (χ1) is 9.95. The zero-order chi connectivity index (χ0) is 15.4. The topological polar surface area (TPSA) is 95.7 Å². The molecule has 1 fully saturated rings. The minimum absolute atomic E-state index is 0.116. The quantitative estimate of drug-likeness (QED) is 0.760. The van der Waals surface area contributed by atoms with E-state index < -0.39 is 5.97 Å². The number of hydrogen-bond donors (Lipinski definition) is 3. The average molecular weight is 356 g/mol. The second-order valence-corrected chi connectivity index (χ2v) is 6.02. The number of rotatable bonds is 4. The molecule has 7 heteroatoms. The van der Waals surface area contributed by atoms with E-state index in [1.54, 1.807) is 6.07 Å². The number of halogens is 1. The molecule has 0 saturated carbocycles. The zero-order valence-electron chi connectivity index (χ0n) is 11.5. The van der Waals surface area contributed by atoms with Crippen LogP contribution >= 0.6 is 15.9 Å². The van der Waals surface area contributed by atoms with Crippen molar-refractivity contribution in [3.05, 3.63) is 28.2 Å². The molecule has 0 spiro atoms. The van der Waals surface area contributed by atoms with Gasteiger partial charge in [-0.2, -0.15) is 0 Å². The number of nitrogens with zero attached hydrogens (tertiary/aromatic N) is 1. The molecule has 114 valence electrons. The Hall–Kier alpha value is -1.44. The lowest BCUT2D eigenvalue weighted by atomic mass is 10.1. The van der Waals surface area contributed by atoms with Crippen LogP contribution in [0.4, 0.5) is 5.69 Å². The number of nitrogens with two attached hydrogens (primary N) is 1. The summed E-state index contributed by atoms with van der Waals surface area (Å²) < 4.78 is 0.552. The summed E-state index contributed by atoms with van der Waals surface area (Å²) in [4.78, 5) is 24.9. The lowest BCUT2D eigenvalue weighted by Crippen LogP contribution is -2.43. The Kier molecular flexibility index (Phi) is 5.33. The van der Waals surface area contributed by atoms with E-state index in [0.29, 0.717) is 16.7 Å². The number of carboxylic acid groups (broad SMARTS) is 1. The SMILES string of the molecule is NC1CCN(CC(=O)Nc2ccc(C(=O)O)cc2Br)CC1. The third-order valence-electron chi connectivity index (χ3n) is 3.49. The van der Waals surface area contributed by atoms with Gasteiger partial charge >= 0.3 is 5.97 Å². The maximum absolute atomic E-state index is 12.0. The third-order valence-corrected chi connectivity index (χ3v) is 4.15. The van der Waals surface area contributed by atoms with E-state index in [-0.39, 0.29) is 17.5 Å². The molecule has 0 bridgehead atoms. The van der Waals surface area contributed by atoms with Gasteiger partial charge in [0, 0.05) is 23.6 Å². The molecule has 21 heavy (non-hydrogen) atoms. The molecule has 1 heterocycles. The summed E-state index contributed by atoms with van der Waals surface area (Å²) in [6.07, 6.45) is 1.81. The summed E-state index contributed by atoms with van der Waals surface area (Å²) in [6, 6.07) is 4.75. The van der Waals surface area contributed by atoms with Crippen molar-refractivity contribution in [2.75, 3.05) is 25.0 Å². The number of carbonyl (C=O) groups is 2. The molecule has 4 N–H and O–H groups in total. The van der Waals surface area contributed by atoms with Crippen LogP contribution in [0, 0.1) is 0 Å². The van der Waals surface area contributed by atoms with Crippen LogP contribution in [0.3, 0.4) is 0 Å². The van der Waals surface area contributed by atoms with Gasteiger partial charge in [-0.1, -0.05) is 0 Å². The second-order valence-electron chi connectivity index (χ2n) is 5.16. The number of nitrogens with one attached hydrogen (secondary N) is 1. The van der Waals surface area contributed by atoms with E-state index in [0.717, 1.165) is 25.9 Å². The van der Waals surface area contributed by atoms with Gasteiger partial charge in [0.05, 0.1) is 17.8 Å². The zero-order valence-corrected chi connectivity index (χ0v) is 13.1. The Morgan fingerprint density at radius 3 is 2.62 bits per heavy atom. The van der Waals surface area contributed by atoms with Crippen molar-refractivity contribution in [2.24, 2.45) is 5.73 Å². The van der Waals surface area contributed by atoms with E-state index >= 15 is 0 Å². The Morgan fingerprint density at radius 2 is 2.05 bits per heavy atom. The predicted molar refractivity (Wildman–Crippen MR) is 83.4 cm³/mol. The predicted octanol–water partition coefficient (Wildman–Crippen LogP) is 1.51. The number of hydrogen-bond acceptors (Lipinski definition) is 4. The number of anilines is 1. The van der Waals surface area contributed by atoms with E-state index in [2.05, 4.69) is 26.1 Å². The van der Waals surface area contributed by atoms with Crippen molar-refractivity contribution in [2.45, 2.75) is 18.9 Å². The normalized spacial score (nSPS) is 16.7. The van der Waals surface area contributed by atoms with E-state index in [1.165, 1.54) is 12.1 Å². The smallest absolute Gasteiger partial charge is 0.335 e. The van der Waals surface area contributed by atoms with Crippen molar-refractivity contribution in [1.82, 2.24) is 4.90 Å². The van der Waals surface area contributed by atoms with Crippen LogP contribution < -0.4 is 11.1 Å². The van der Waals surface area contributed by atoms with Gasteiger partial charge in [-0.05, 0) is 47.0 Å². The molecule has 0 aliphatic carbocycles. The van der Waals surface area contributed by atoms with Crippen molar-refractivity contribution >= 4 is 33.5 Å². The Balaban J connectivity index is 1.92. The highest BCUT2D eigenvalue weighted by Crippen LogP contribution is 2.23. The van der Waals surface area contributed by atoms with Gasteiger partial charge in [0.25, 0.3) is 0 Å². The molecule has 1 aliphatic heterocycles. The molecule has 0 atom stereocenters. The second kappa shape index (κ2) is 7.02. The standard InChI is InChI=1S/C14H18BrN3O3/c15-11-7-9(14(20)21)1-2-12(11)17-13(19)8-18-5-3-10(16)4-6-18/h1-2,7,10H,3-6,8,16H2,(H,17,19)(H,20,21). The van der Waals surface area contributed by atoms with Gasteiger partial charge in [-0.15, -0.1) is 0 Å². The van der Waals surface area contributed by atoms with Crippen LogP contribution in [0.1, 0.15) is 23.2 Å². The fraction of sp³-hybridized carbons (Fsp3) is 0.429. The Bertz CT molecular complexity index is 542. The molecule has 6 nitrogen and oxygen atoms in total. The molecular weight excluding hydrogens is 338 g/mol. The van der Waals surface area contributed by atoms with Crippen LogP contribution in [0.25, 0.3) is 0 Å². The minimum atomic E-state index is -1.00. The molecule has 1 saturated heterocycles. The largest absolute Gasteiger partial charge is 0.478 e. The summed E-state index contributed by atoms with van der Waals surface area (Å²) in [7, 11) is 0. The van der Waals surface area contributed by atoms with Crippen LogP contribution in [0.15, 0.2) is 22.7 Å². The maximum Gasteiger partial charge on any atom is 0.335 e. The molecule has 1 aromatic carbocycles. The van der Waals surface area contributed by atoms with Gasteiger partial charge in [-0.3, -0.25) is 9.69 Å². The van der Waals surface area contributed by atoms with Gasteiger partial charge < -0.3 is 16.2 Å². The van der Waals surface area contributed by atoms with Gasteiger partial charge in [0.1, 0.15) is 0 Å². The summed E-state index contributed by atoms with van der Waals surface area (Å²) in [6.45, 7) is 1.97. The molecule has 1 amide bonds. The van der Waals surface area contributed by atoms with Crippen LogP contribution in [0.5, 0.6) is 0 Å². The highest BCUT2D eigenvalue weighted by molar-refractivity contribution is 9.10. The summed E-state index contributed by atoms with van der Waals surface area (Å²) in [5, 5.41) is 11.7. The number of carboxylic acids is 1. The Morgan fingerprint density at radius 1 is 1.38 bits per heavy atom. The number of amides is 1. The fourth-order valence-electron chi connectivity index (χ4n) is 2.25. The monoisotopic (exact) mass is 355 g/mol.